The largest absolute Gasteiger partial charge is 0.311 e. The first-order valence-corrected chi connectivity index (χ1v) is 4.87. The summed E-state index contributed by atoms with van der Waals surface area (Å²) in [7, 11) is 0. The number of nitrogens with one attached hydrogen (secondary N) is 1. The number of piperidine rings is 1. The molecule has 0 aromatic heterocycles. The molecule has 2 aliphatic rings. The van der Waals surface area contributed by atoms with E-state index in [2.05, 4.69) is 26.1 Å². The Bertz CT molecular complexity index is 164. The maximum absolute atomic E-state index is 3.69. The molecule has 0 aromatic rings. The van der Waals surface area contributed by atoms with E-state index in [1.165, 1.54) is 19.4 Å². The molecule has 1 aliphatic heterocycles. The van der Waals surface area contributed by atoms with Gasteiger partial charge in [0, 0.05) is 5.54 Å². The molecule has 1 N–H and O–H groups in total. The minimum Gasteiger partial charge on any atom is -0.311 e. The standard InChI is InChI=1S/C10H19N/c1-7(2)10(3)5-8-4-9(8)6-11-10/h7-9,11H,4-6H2,1-3H3. The van der Waals surface area contributed by atoms with Crippen LogP contribution in [0.3, 0.4) is 0 Å². The summed E-state index contributed by atoms with van der Waals surface area (Å²) in [5.74, 6) is 2.90. The normalized spacial score (nSPS) is 49.1. The summed E-state index contributed by atoms with van der Waals surface area (Å²) < 4.78 is 0. The summed E-state index contributed by atoms with van der Waals surface area (Å²) in [6.07, 6.45) is 2.91. The first-order valence-electron chi connectivity index (χ1n) is 4.87. The SMILES string of the molecule is CC(C)C1(C)CC2CC2CN1. The van der Waals surface area contributed by atoms with Crippen LogP contribution in [0.2, 0.25) is 0 Å². The molecular weight excluding hydrogens is 134 g/mol. The third-order valence-corrected chi connectivity index (χ3v) is 3.80. The van der Waals surface area contributed by atoms with Crippen LogP contribution in [0.5, 0.6) is 0 Å². The second-order valence-corrected chi connectivity index (χ2v) is 4.91. The molecule has 64 valence electrons. The number of hydrogen-bond donors (Lipinski definition) is 1. The van der Waals surface area contributed by atoms with E-state index in [1.807, 2.05) is 0 Å². The summed E-state index contributed by atoms with van der Waals surface area (Å²) in [6, 6.07) is 0. The van der Waals surface area contributed by atoms with Gasteiger partial charge in [-0.05, 0) is 44.1 Å². The van der Waals surface area contributed by atoms with E-state index in [0.29, 0.717) is 5.54 Å². The zero-order chi connectivity index (χ0) is 8.06. The lowest BCUT2D eigenvalue weighted by Gasteiger charge is -2.38. The van der Waals surface area contributed by atoms with Crippen molar-refractivity contribution >= 4 is 0 Å². The van der Waals surface area contributed by atoms with Crippen LogP contribution in [0.1, 0.15) is 33.6 Å². The van der Waals surface area contributed by atoms with E-state index < -0.39 is 0 Å². The molecule has 2 fully saturated rings. The number of rotatable bonds is 1. The van der Waals surface area contributed by atoms with Gasteiger partial charge in [0.2, 0.25) is 0 Å². The predicted octanol–water partition coefficient (Wildman–Crippen LogP) is 2.03. The lowest BCUT2D eigenvalue weighted by atomic mass is 9.81. The molecule has 0 amide bonds. The Kier molecular flexibility index (Phi) is 1.54. The molecule has 2 rings (SSSR count). The van der Waals surface area contributed by atoms with Gasteiger partial charge >= 0.3 is 0 Å². The molecule has 1 nitrogen and oxygen atoms in total. The maximum atomic E-state index is 3.69. The van der Waals surface area contributed by atoms with Gasteiger partial charge in [-0.15, -0.1) is 0 Å². The molecule has 3 unspecified atom stereocenters. The van der Waals surface area contributed by atoms with Crippen LogP contribution in [0.4, 0.5) is 0 Å². The molecule has 1 heteroatoms. The van der Waals surface area contributed by atoms with Crippen LogP contribution >= 0.6 is 0 Å². The van der Waals surface area contributed by atoms with Gasteiger partial charge in [-0.25, -0.2) is 0 Å². The smallest absolute Gasteiger partial charge is 0.0179 e. The van der Waals surface area contributed by atoms with Crippen LogP contribution < -0.4 is 5.32 Å². The molecule has 11 heavy (non-hydrogen) atoms. The van der Waals surface area contributed by atoms with Gasteiger partial charge in [0.25, 0.3) is 0 Å². The van der Waals surface area contributed by atoms with E-state index in [-0.39, 0.29) is 0 Å². The van der Waals surface area contributed by atoms with Gasteiger partial charge in [-0.3, -0.25) is 0 Å². The quantitative estimate of drug-likeness (QED) is 0.608. The van der Waals surface area contributed by atoms with Crippen LogP contribution in [0.15, 0.2) is 0 Å². The van der Waals surface area contributed by atoms with E-state index >= 15 is 0 Å². The van der Waals surface area contributed by atoms with Crippen LogP contribution in [0, 0.1) is 17.8 Å². The summed E-state index contributed by atoms with van der Waals surface area (Å²) in [5, 5.41) is 3.69. The fraction of sp³-hybridized carbons (Fsp3) is 1.00. The minimum absolute atomic E-state index is 0.442. The third kappa shape index (κ3) is 1.20. The maximum Gasteiger partial charge on any atom is 0.0179 e. The van der Waals surface area contributed by atoms with Gasteiger partial charge in [-0.2, -0.15) is 0 Å². The second kappa shape index (κ2) is 2.22. The molecule has 0 bridgehead atoms. The molecule has 3 atom stereocenters. The van der Waals surface area contributed by atoms with E-state index in [9.17, 15) is 0 Å². The molecular formula is C10H19N. The van der Waals surface area contributed by atoms with E-state index in [4.69, 9.17) is 0 Å². The summed E-state index contributed by atoms with van der Waals surface area (Å²) >= 11 is 0. The Morgan fingerprint density at radius 2 is 2.09 bits per heavy atom. The Morgan fingerprint density at radius 3 is 2.64 bits per heavy atom. The van der Waals surface area contributed by atoms with Crippen LogP contribution in [-0.2, 0) is 0 Å². The van der Waals surface area contributed by atoms with Crippen molar-refractivity contribution in [2.75, 3.05) is 6.54 Å². The zero-order valence-corrected chi connectivity index (χ0v) is 7.85. The molecule has 0 aromatic carbocycles. The summed E-state index contributed by atoms with van der Waals surface area (Å²) in [6.45, 7) is 8.32. The van der Waals surface area contributed by atoms with Crippen molar-refractivity contribution in [3.8, 4) is 0 Å². The highest BCUT2D eigenvalue weighted by Gasteiger charge is 2.47. The Hall–Kier alpha value is -0.0400. The first kappa shape index (κ1) is 7.60. The van der Waals surface area contributed by atoms with E-state index in [0.717, 1.165) is 17.8 Å². The van der Waals surface area contributed by atoms with Gasteiger partial charge in [0.05, 0.1) is 0 Å². The lowest BCUT2D eigenvalue weighted by molar-refractivity contribution is 0.198. The highest BCUT2D eigenvalue weighted by atomic mass is 15.0. The second-order valence-electron chi connectivity index (χ2n) is 4.91. The van der Waals surface area contributed by atoms with Crippen molar-refractivity contribution < 1.29 is 0 Å². The summed E-state index contributed by atoms with van der Waals surface area (Å²) in [4.78, 5) is 0. The highest BCUT2D eigenvalue weighted by Crippen LogP contribution is 2.48. The molecule has 0 radical (unpaired) electrons. The minimum atomic E-state index is 0.442. The number of fused-ring (bicyclic) bond motifs is 1. The van der Waals surface area contributed by atoms with E-state index in [1.54, 1.807) is 0 Å². The monoisotopic (exact) mass is 153 g/mol. The zero-order valence-electron chi connectivity index (χ0n) is 7.85. The molecule has 1 aliphatic carbocycles. The van der Waals surface area contributed by atoms with Crippen molar-refractivity contribution in [3.63, 3.8) is 0 Å². The average Bonchev–Trinajstić information content (AvgIpc) is 2.65. The van der Waals surface area contributed by atoms with Crippen molar-refractivity contribution in [1.82, 2.24) is 5.32 Å². The van der Waals surface area contributed by atoms with Gasteiger partial charge in [0.15, 0.2) is 0 Å². The summed E-state index contributed by atoms with van der Waals surface area (Å²) in [5.41, 5.74) is 0.442. The van der Waals surface area contributed by atoms with Crippen LogP contribution in [0.25, 0.3) is 0 Å². The lowest BCUT2D eigenvalue weighted by Crippen LogP contribution is -2.50. The van der Waals surface area contributed by atoms with Gasteiger partial charge in [0.1, 0.15) is 0 Å². The Balaban J connectivity index is 2.02. The van der Waals surface area contributed by atoms with Crippen molar-refractivity contribution in [2.45, 2.75) is 39.2 Å². The molecule has 1 saturated heterocycles. The Labute approximate surface area is 69.6 Å². The van der Waals surface area contributed by atoms with Gasteiger partial charge in [-0.1, -0.05) is 13.8 Å². The molecule has 1 heterocycles. The van der Waals surface area contributed by atoms with Crippen molar-refractivity contribution in [1.29, 1.82) is 0 Å². The highest BCUT2D eigenvalue weighted by molar-refractivity contribution is 5.02. The fourth-order valence-corrected chi connectivity index (χ4v) is 2.23. The third-order valence-electron chi connectivity index (χ3n) is 3.80. The Morgan fingerprint density at radius 1 is 1.36 bits per heavy atom. The molecule has 0 spiro atoms. The molecule has 1 saturated carbocycles. The van der Waals surface area contributed by atoms with Crippen molar-refractivity contribution in [3.05, 3.63) is 0 Å². The van der Waals surface area contributed by atoms with Crippen molar-refractivity contribution in [2.24, 2.45) is 17.8 Å². The topological polar surface area (TPSA) is 12.0 Å². The predicted molar refractivity (Wildman–Crippen MR) is 47.5 cm³/mol. The average molecular weight is 153 g/mol. The van der Waals surface area contributed by atoms with Gasteiger partial charge < -0.3 is 5.32 Å². The fourth-order valence-electron chi connectivity index (χ4n) is 2.23. The number of hydrogen-bond acceptors (Lipinski definition) is 1. The first-order chi connectivity index (χ1) is 5.12. The van der Waals surface area contributed by atoms with Crippen LogP contribution in [-0.4, -0.2) is 12.1 Å².